The quantitative estimate of drug-likeness (QED) is 0.729. The van der Waals surface area contributed by atoms with Crippen LogP contribution < -0.4 is 10.1 Å². The SMILES string of the molecule is CCOc1ccc(NCc2ncc[nH]2)cc1CO. The van der Waals surface area contributed by atoms with Crippen molar-refractivity contribution in [1.82, 2.24) is 9.97 Å². The van der Waals surface area contributed by atoms with Gasteiger partial charge in [-0.25, -0.2) is 4.98 Å². The number of anilines is 1. The topological polar surface area (TPSA) is 70.2 Å². The second-order valence-corrected chi connectivity index (χ2v) is 3.80. The molecule has 1 aromatic heterocycles. The zero-order valence-corrected chi connectivity index (χ0v) is 10.3. The number of nitrogens with one attached hydrogen (secondary N) is 2. The largest absolute Gasteiger partial charge is 0.494 e. The Labute approximate surface area is 106 Å². The Morgan fingerprint density at radius 1 is 1.44 bits per heavy atom. The van der Waals surface area contributed by atoms with Crippen molar-refractivity contribution in [3.8, 4) is 5.75 Å². The third kappa shape index (κ3) is 3.01. The Morgan fingerprint density at radius 3 is 3.00 bits per heavy atom. The molecule has 0 fully saturated rings. The predicted molar refractivity (Wildman–Crippen MR) is 69.4 cm³/mol. The van der Waals surface area contributed by atoms with Gasteiger partial charge in [-0.05, 0) is 25.1 Å². The van der Waals surface area contributed by atoms with Crippen molar-refractivity contribution in [3.63, 3.8) is 0 Å². The lowest BCUT2D eigenvalue weighted by molar-refractivity contribution is 0.267. The van der Waals surface area contributed by atoms with Gasteiger partial charge in [-0.2, -0.15) is 0 Å². The minimum absolute atomic E-state index is 0.0361. The number of aromatic amines is 1. The van der Waals surface area contributed by atoms with Crippen LogP contribution in [0.1, 0.15) is 18.3 Å². The number of aliphatic hydroxyl groups excluding tert-OH is 1. The molecule has 1 aromatic carbocycles. The highest BCUT2D eigenvalue weighted by molar-refractivity contribution is 5.51. The summed E-state index contributed by atoms with van der Waals surface area (Å²) < 4.78 is 5.43. The van der Waals surface area contributed by atoms with Gasteiger partial charge in [-0.3, -0.25) is 0 Å². The zero-order chi connectivity index (χ0) is 12.8. The molecule has 2 rings (SSSR count). The highest BCUT2D eigenvalue weighted by atomic mass is 16.5. The van der Waals surface area contributed by atoms with E-state index in [2.05, 4.69) is 15.3 Å². The molecule has 0 amide bonds. The number of nitrogens with zero attached hydrogens (tertiary/aromatic N) is 1. The molecule has 0 unspecified atom stereocenters. The standard InChI is InChI=1S/C13H17N3O2/c1-2-18-12-4-3-11(7-10(12)9-17)16-8-13-14-5-6-15-13/h3-7,16-17H,2,8-9H2,1H3,(H,14,15). The molecule has 5 heteroatoms. The van der Waals surface area contributed by atoms with Gasteiger partial charge in [0.2, 0.25) is 0 Å². The van der Waals surface area contributed by atoms with E-state index in [0.717, 1.165) is 22.8 Å². The molecule has 2 aromatic rings. The normalized spacial score (nSPS) is 10.3. The van der Waals surface area contributed by atoms with E-state index in [0.29, 0.717) is 13.2 Å². The summed E-state index contributed by atoms with van der Waals surface area (Å²) in [6.07, 6.45) is 3.50. The molecule has 0 aliphatic carbocycles. The van der Waals surface area contributed by atoms with Gasteiger partial charge >= 0.3 is 0 Å². The highest BCUT2D eigenvalue weighted by Gasteiger charge is 2.04. The van der Waals surface area contributed by atoms with Crippen LogP contribution in [-0.2, 0) is 13.2 Å². The van der Waals surface area contributed by atoms with E-state index >= 15 is 0 Å². The Bertz CT molecular complexity index is 483. The minimum Gasteiger partial charge on any atom is -0.494 e. The van der Waals surface area contributed by atoms with E-state index in [9.17, 15) is 5.11 Å². The first-order valence-corrected chi connectivity index (χ1v) is 5.92. The molecule has 0 aliphatic rings. The van der Waals surface area contributed by atoms with E-state index < -0.39 is 0 Å². The molecule has 1 heterocycles. The maximum atomic E-state index is 9.30. The molecule has 0 saturated carbocycles. The highest BCUT2D eigenvalue weighted by Crippen LogP contribution is 2.23. The summed E-state index contributed by atoms with van der Waals surface area (Å²) in [5.41, 5.74) is 1.71. The molecule has 0 bridgehead atoms. The van der Waals surface area contributed by atoms with E-state index in [1.807, 2.05) is 25.1 Å². The van der Waals surface area contributed by atoms with Gasteiger partial charge in [-0.1, -0.05) is 0 Å². The summed E-state index contributed by atoms with van der Waals surface area (Å²) in [6.45, 7) is 3.09. The Hall–Kier alpha value is -2.01. The first-order valence-electron chi connectivity index (χ1n) is 5.92. The second kappa shape index (κ2) is 6.07. The van der Waals surface area contributed by atoms with E-state index in [1.54, 1.807) is 12.4 Å². The smallest absolute Gasteiger partial charge is 0.125 e. The van der Waals surface area contributed by atoms with Crippen LogP contribution in [0.3, 0.4) is 0 Å². The van der Waals surface area contributed by atoms with E-state index in [-0.39, 0.29) is 6.61 Å². The molecule has 0 spiro atoms. The summed E-state index contributed by atoms with van der Waals surface area (Å²) in [5, 5.41) is 12.5. The summed E-state index contributed by atoms with van der Waals surface area (Å²) in [6, 6.07) is 5.67. The molecule has 18 heavy (non-hydrogen) atoms. The van der Waals surface area contributed by atoms with E-state index in [4.69, 9.17) is 4.74 Å². The minimum atomic E-state index is -0.0361. The van der Waals surface area contributed by atoms with Crippen molar-refractivity contribution >= 4 is 5.69 Å². The zero-order valence-electron chi connectivity index (χ0n) is 10.3. The number of imidazole rings is 1. The number of ether oxygens (including phenoxy) is 1. The molecule has 5 nitrogen and oxygen atoms in total. The Balaban J connectivity index is 2.05. The lowest BCUT2D eigenvalue weighted by Gasteiger charge is -2.11. The summed E-state index contributed by atoms with van der Waals surface area (Å²) in [7, 11) is 0. The van der Waals surface area contributed by atoms with Crippen molar-refractivity contribution in [1.29, 1.82) is 0 Å². The first kappa shape index (κ1) is 12.4. The van der Waals surface area contributed by atoms with Crippen LogP contribution in [0.4, 0.5) is 5.69 Å². The Kier molecular flexibility index (Phi) is 4.20. The second-order valence-electron chi connectivity index (χ2n) is 3.80. The van der Waals surface area contributed by atoms with E-state index in [1.165, 1.54) is 0 Å². The molecule has 96 valence electrons. The van der Waals surface area contributed by atoms with Crippen molar-refractivity contribution in [2.45, 2.75) is 20.1 Å². The van der Waals surface area contributed by atoms with Crippen molar-refractivity contribution < 1.29 is 9.84 Å². The summed E-state index contributed by atoms with van der Waals surface area (Å²) in [5.74, 6) is 1.60. The molecule has 3 N–H and O–H groups in total. The van der Waals surface area contributed by atoms with Gasteiger partial charge in [0.25, 0.3) is 0 Å². The van der Waals surface area contributed by atoms with Crippen LogP contribution in [0.15, 0.2) is 30.6 Å². The van der Waals surface area contributed by atoms with Crippen LogP contribution in [0, 0.1) is 0 Å². The van der Waals surface area contributed by atoms with Crippen molar-refractivity contribution in [2.24, 2.45) is 0 Å². The maximum Gasteiger partial charge on any atom is 0.125 e. The van der Waals surface area contributed by atoms with Gasteiger partial charge < -0.3 is 20.1 Å². The number of hydrogen-bond acceptors (Lipinski definition) is 4. The maximum absolute atomic E-state index is 9.30. The number of benzene rings is 1. The molecule has 0 aliphatic heterocycles. The van der Waals surface area contributed by atoms with Gasteiger partial charge in [0, 0.05) is 23.6 Å². The Morgan fingerprint density at radius 2 is 2.33 bits per heavy atom. The van der Waals surface area contributed by atoms with Crippen LogP contribution in [0.25, 0.3) is 0 Å². The molecule has 0 saturated heterocycles. The van der Waals surface area contributed by atoms with Crippen molar-refractivity contribution in [3.05, 3.63) is 42.0 Å². The van der Waals surface area contributed by atoms with Crippen LogP contribution in [0.2, 0.25) is 0 Å². The van der Waals surface area contributed by atoms with Gasteiger partial charge in [0.1, 0.15) is 11.6 Å². The number of aromatic nitrogens is 2. The molecule has 0 atom stereocenters. The third-order valence-corrected chi connectivity index (χ3v) is 2.55. The average molecular weight is 247 g/mol. The lowest BCUT2D eigenvalue weighted by Crippen LogP contribution is -2.03. The fourth-order valence-corrected chi connectivity index (χ4v) is 1.69. The molecule has 0 radical (unpaired) electrons. The van der Waals surface area contributed by atoms with Gasteiger partial charge in [0.05, 0.1) is 19.8 Å². The first-order chi connectivity index (χ1) is 8.83. The molecular weight excluding hydrogens is 230 g/mol. The van der Waals surface area contributed by atoms with Crippen molar-refractivity contribution in [2.75, 3.05) is 11.9 Å². The average Bonchev–Trinajstić information content (AvgIpc) is 2.91. The van der Waals surface area contributed by atoms with Gasteiger partial charge in [0.15, 0.2) is 0 Å². The number of hydrogen-bond donors (Lipinski definition) is 3. The number of aliphatic hydroxyl groups is 1. The third-order valence-electron chi connectivity index (χ3n) is 2.55. The monoisotopic (exact) mass is 247 g/mol. The van der Waals surface area contributed by atoms with Crippen LogP contribution in [-0.4, -0.2) is 21.7 Å². The fraction of sp³-hybridized carbons (Fsp3) is 0.308. The number of H-pyrrole nitrogens is 1. The summed E-state index contributed by atoms with van der Waals surface area (Å²) in [4.78, 5) is 7.15. The van der Waals surface area contributed by atoms with Gasteiger partial charge in [-0.15, -0.1) is 0 Å². The molecular formula is C13H17N3O2. The predicted octanol–water partition coefficient (Wildman–Crippen LogP) is 1.91. The number of rotatable bonds is 6. The van der Waals surface area contributed by atoms with Crippen LogP contribution >= 0.6 is 0 Å². The fourth-order valence-electron chi connectivity index (χ4n) is 1.69. The summed E-state index contributed by atoms with van der Waals surface area (Å²) >= 11 is 0. The van der Waals surface area contributed by atoms with Crippen LogP contribution in [0.5, 0.6) is 5.75 Å². The lowest BCUT2D eigenvalue weighted by atomic mass is 10.2.